The number of nitrogens with zero attached hydrogens (tertiary/aromatic N) is 10. The fourth-order valence-electron chi connectivity index (χ4n) is 11.1. The predicted molar refractivity (Wildman–Crippen MR) is 494 cm³/mol. The van der Waals surface area contributed by atoms with Gasteiger partial charge in [0, 0.05) is 77.2 Å². The highest BCUT2D eigenvalue weighted by Gasteiger charge is 2.18. The Hall–Kier alpha value is -15.9. The van der Waals surface area contributed by atoms with Crippen molar-refractivity contribution in [3.63, 3.8) is 0 Å². The molecule has 1 amide bonds. The average Bonchev–Trinajstić information content (AvgIpc) is 0.834. The number of carbonyl (C=O) groups excluding carboxylic acids is 2. The molecule has 9 aromatic carbocycles. The van der Waals surface area contributed by atoms with Crippen molar-refractivity contribution in [3.05, 3.63) is 286 Å². The van der Waals surface area contributed by atoms with Gasteiger partial charge in [-0.1, -0.05) is 89.4 Å². The highest BCUT2D eigenvalue weighted by Crippen LogP contribution is 2.37. The lowest BCUT2D eigenvalue weighted by Crippen LogP contribution is -2.29. The van der Waals surface area contributed by atoms with Crippen LogP contribution < -0.4 is 91.7 Å². The van der Waals surface area contributed by atoms with Crippen LogP contribution in [0.1, 0.15) is 52.6 Å². The van der Waals surface area contributed by atoms with E-state index in [-0.39, 0.29) is 45.2 Å². The van der Waals surface area contributed by atoms with E-state index in [0.29, 0.717) is 128 Å². The van der Waals surface area contributed by atoms with Crippen molar-refractivity contribution >= 4 is 113 Å². The van der Waals surface area contributed by atoms with Gasteiger partial charge in [0.15, 0.2) is 57.5 Å². The maximum Gasteiger partial charge on any atom is 0.488 e. The highest BCUT2D eigenvalue weighted by atomic mass is 35.5. The average molecular weight is 1810 g/mol. The lowest BCUT2D eigenvalue weighted by molar-refractivity contribution is 0.0686. The van der Waals surface area contributed by atoms with Gasteiger partial charge in [-0.2, -0.15) is 0 Å². The number of benzene rings is 9. The van der Waals surface area contributed by atoms with Crippen molar-refractivity contribution in [1.82, 2.24) is 49.8 Å². The van der Waals surface area contributed by atoms with Crippen LogP contribution in [0.25, 0.3) is 45.0 Å². The summed E-state index contributed by atoms with van der Waals surface area (Å²) >= 11 is 16.7. The number of halogens is 3. The van der Waals surface area contributed by atoms with E-state index in [1.807, 2.05) is 97.1 Å². The van der Waals surface area contributed by atoms with Crippen LogP contribution in [0.3, 0.4) is 0 Å². The second kappa shape index (κ2) is 50.2. The smallest absolute Gasteiger partial charge is 0.488 e. The molecule has 0 aliphatic rings. The number of carboxylic acids is 2. The number of rotatable bonds is 26. The third kappa shape index (κ3) is 30.2. The number of carbonyl (C=O) groups is 4. The molecule has 0 saturated heterocycles. The number of amides is 1. The van der Waals surface area contributed by atoms with Crippen molar-refractivity contribution < 1.29 is 86.8 Å². The number of para-hydroxylation sites is 2. The Morgan fingerprint density at radius 3 is 1.07 bits per heavy atom. The Morgan fingerprint density at radius 2 is 0.705 bits per heavy atom. The number of carboxylic acid groups (broad SMARTS) is 2. The number of hydrogen-bond acceptors (Lipinski definition) is 32. The first-order chi connectivity index (χ1) is 62.1. The fourth-order valence-corrected chi connectivity index (χ4v) is 11.8. The van der Waals surface area contributed by atoms with Gasteiger partial charge in [-0.3, -0.25) is 9.59 Å². The topological polar surface area (TPSA) is 511 Å². The van der Waals surface area contributed by atoms with Gasteiger partial charge in [0.05, 0.1) is 116 Å². The molecule has 0 aliphatic heterocycles. The van der Waals surface area contributed by atoms with Gasteiger partial charge in [-0.05, 0) is 168 Å². The molecule has 0 bridgehead atoms. The minimum Gasteiger partial charge on any atom is -0.493 e. The van der Waals surface area contributed by atoms with Gasteiger partial charge < -0.3 is 107 Å². The minimum atomic E-state index is -1.49. The molecule has 0 spiro atoms. The number of nitrogens with two attached hydrogens (primary N) is 4. The molecule has 15 N–H and O–H groups in total. The van der Waals surface area contributed by atoms with Crippen molar-refractivity contribution in [2.45, 2.75) is 13.1 Å². The zero-order valence-corrected chi connectivity index (χ0v) is 73.3. The second-order valence-corrected chi connectivity index (χ2v) is 27.1. The lowest BCUT2D eigenvalue weighted by atomic mass is 9.80. The van der Waals surface area contributed by atoms with Crippen LogP contribution in [-0.2, 0) is 13.1 Å². The maximum atomic E-state index is 12.5. The molecular formula is C90H89BCl3N17O18. The Bertz CT molecular complexity index is 6000. The minimum absolute atomic E-state index is 0.0903. The number of hydrogen-bond donors (Lipinski definition) is 11. The molecule has 0 saturated carbocycles. The zero-order valence-electron chi connectivity index (χ0n) is 71.0. The van der Waals surface area contributed by atoms with E-state index < -0.39 is 19.1 Å². The SMILES string of the molecule is COc1ccc(-c2cc(Cl)nc(N)n2)cc1OC.COc1ccc(-c2ccnc(N)n2)cc1OC.COc1ccc(-c2ccnc(NCc3ccc(C(=O)Nc4ccccc4N)cc3)n2)cc1OC.COc1ccc(-c2ccnc(NCc3ccc(C(=O)O)cc3)n2)cc1OC.COc1ccc(B(O)O)cc1OC.Nc1nc(Cl)cc(Cl)n1.O=Cc1ccc(C(=O)O)cc1. The van der Waals surface area contributed by atoms with E-state index in [4.69, 9.17) is 125 Å². The summed E-state index contributed by atoms with van der Waals surface area (Å²) in [6.45, 7) is 0.984. The van der Waals surface area contributed by atoms with Crippen molar-refractivity contribution in [3.8, 4) is 103 Å². The molecule has 0 radical (unpaired) electrons. The predicted octanol–water partition coefficient (Wildman–Crippen LogP) is 14.2. The van der Waals surface area contributed by atoms with Gasteiger partial charge in [0.2, 0.25) is 29.7 Å². The fraction of sp³-hybridized carbons (Fsp3) is 0.133. The Morgan fingerprint density at radius 1 is 0.364 bits per heavy atom. The number of aromatic nitrogens is 10. The summed E-state index contributed by atoms with van der Waals surface area (Å²) in [5.41, 5.74) is 33.4. The molecule has 0 unspecified atom stereocenters. The quantitative estimate of drug-likeness (QED) is 0.0104. The first-order valence-electron chi connectivity index (χ1n) is 38.0. The van der Waals surface area contributed by atoms with E-state index in [2.05, 4.69) is 65.8 Å². The van der Waals surface area contributed by atoms with Crippen LogP contribution in [0.15, 0.2) is 237 Å². The normalized spacial score (nSPS) is 10.0. The van der Waals surface area contributed by atoms with Gasteiger partial charge >= 0.3 is 19.1 Å². The first-order valence-corrected chi connectivity index (χ1v) is 39.1. The van der Waals surface area contributed by atoms with Gasteiger partial charge in [0.25, 0.3) is 5.91 Å². The zero-order chi connectivity index (χ0) is 93.5. The molecule has 35 nitrogen and oxygen atoms in total. The van der Waals surface area contributed by atoms with Crippen molar-refractivity contribution in [2.24, 2.45) is 0 Å². The number of methoxy groups -OCH3 is 10. The number of ether oxygens (including phenoxy) is 10. The Labute approximate surface area is 756 Å². The number of aldehydes is 1. The summed E-state index contributed by atoms with van der Waals surface area (Å²) < 4.78 is 52.0. The van der Waals surface area contributed by atoms with Crippen LogP contribution in [0.4, 0.5) is 41.1 Å². The van der Waals surface area contributed by atoms with E-state index in [1.54, 1.807) is 160 Å². The van der Waals surface area contributed by atoms with E-state index in [9.17, 15) is 19.2 Å². The van der Waals surface area contributed by atoms with Crippen LogP contribution in [0.2, 0.25) is 15.5 Å². The maximum absolute atomic E-state index is 12.5. The summed E-state index contributed by atoms with van der Waals surface area (Å²) in [6, 6.07) is 62.2. The van der Waals surface area contributed by atoms with Crippen LogP contribution in [0, 0.1) is 0 Å². The molecular weight excluding hydrogens is 1720 g/mol. The van der Waals surface area contributed by atoms with Gasteiger partial charge in [0.1, 0.15) is 21.7 Å². The molecule has 0 atom stereocenters. The standard InChI is InChI=1S/C26H25N5O3.C20H19N3O4.C12H12ClN3O2.C12H13N3O2.C8H11BO4.C8H6O3.C4H3Cl2N3/c1-33-23-12-11-19(15-24(23)34-2)21-13-14-28-26(31-21)29-16-17-7-9-18(10-8-17)25(32)30-22-6-4-3-5-20(22)27;1-26-17-8-7-15(11-18(17)27-2)16-9-10-21-20(23-16)22-12-13-3-5-14(6-4-13)19(24)25;1-17-9-4-3-7(5-10(9)18-2)8-6-11(13)16-12(14)15-8;1-16-10-4-3-8(7-11(10)17-2)9-5-6-14-12(13)15-9;1-12-7-4-3-6(9(10)11)5-8(7)13-2;9-5-6-1-3-7(4-2-6)8(10)11;5-2-1-3(6)9-4(7)8-2/h3-15H,16,27H2,1-2H3,(H,30,32)(H,28,29,31);3-11H,12H2,1-2H3,(H,24,25)(H,21,22,23);3-6H,1-2H3,(H2,14,15,16);3-7H,1-2H3,(H2,13,14,15);3-5,10-11H,1-2H3;1-5H,(H,10,11);1H,(H2,7,8,9). The molecule has 666 valence electrons. The molecule has 39 heteroatoms. The molecule has 14 aromatic rings. The van der Waals surface area contributed by atoms with Gasteiger partial charge in [-0.15, -0.1) is 0 Å². The third-order valence-corrected chi connectivity index (χ3v) is 18.2. The van der Waals surface area contributed by atoms with Crippen molar-refractivity contribution in [2.75, 3.05) is 110 Å². The van der Waals surface area contributed by atoms with E-state index in [0.717, 1.165) is 50.5 Å². The largest absolute Gasteiger partial charge is 0.493 e. The van der Waals surface area contributed by atoms with Gasteiger partial charge in [-0.25, -0.2) is 59.4 Å². The summed E-state index contributed by atoms with van der Waals surface area (Å²) in [6.07, 6.45) is 5.67. The van der Waals surface area contributed by atoms with E-state index in [1.165, 1.54) is 50.6 Å². The summed E-state index contributed by atoms with van der Waals surface area (Å²) in [7, 11) is 14.2. The molecule has 0 aliphatic carbocycles. The third-order valence-electron chi connectivity index (χ3n) is 17.6. The molecule has 14 rings (SSSR count). The second-order valence-electron chi connectivity index (χ2n) is 25.9. The summed E-state index contributed by atoms with van der Waals surface area (Å²) in [5, 5.41) is 45.1. The summed E-state index contributed by atoms with van der Waals surface area (Å²) in [5.74, 6) is 5.50. The van der Waals surface area contributed by atoms with Crippen LogP contribution in [0.5, 0.6) is 57.5 Å². The molecule has 129 heavy (non-hydrogen) atoms. The number of anilines is 7. The first kappa shape index (κ1) is 98.5. The van der Waals surface area contributed by atoms with Crippen LogP contribution >= 0.6 is 34.8 Å². The number of nitrogen functional groups attached to an aromatic ring is 4. The Kier molecular flexibility index (Phi) is 38.3. The highest BCUT2D eigenvalue weighted by molar-refractivity contribution is 6.58. The monoisotopic (exact) mass is 1810 g/mol. The Balaban J connectivity index is 0.000000194. The number of nitrogens with one attached hydrogen (secondary N) is 3. The van der Waals surface area contributed by atoms with Crippen molar-refractivity contribution in [1.29, 1.82) is 0 Å². The molecule has 5 heterocycles. The number of aromatic carboxylic acids is 2. The van der Waals surface area contributed by atoms with Crippen LogP contribution in [-0.4, -0.2) is 172 Å². The lowest BCUT2D eigenvalue weighted by Gasteiger charge is -2.11. The molecule has 0 fully saturated rings. The summed E-state index contributed by atoms with van der Waals surface area (Å²) in [4.78, 5) is 84.6. The molecule has 5 aromatic heterocycles. The van der Waals surface area contributed by atoms with E-state index >= 15 is 0 Å².